The van der Waals surface area contributed by atoms with Crippen LogP contribution >= 0.6 is 11.6 Å². The van der Waals surface area contributed by atoms with Crippen molar-refractivity contribution in [3.05, 3.63) is 69.2 Å². The molecule has 2 aromatic rings. The van der Waals surface area contributed by atoms with Crippen LogP contribution in [0.25, 0.3) is 0 Å². The van der Waals surface area contributed by atoms with E-state index in [0.717, 1.165) is 17.1 Å². The van der Waals surface area contributed by atoms with E-state index in [2.05, 4.69) is 57.3 Å². The molecule has 0 bridgehead atoms. The van der Waals surface area contributed by atoms with Crippen LogP contribution in [0, 0.1) is 20.8 Å². The van der Waals surface area contributed by atoms with Crippen LogP contribution in [0.5, 0.6) is 0 Å². The number of hydrogen-bond donors (Lipinski definition) is 1. The zero-order chi connectivity index (χ0) is 14.7. The monoisotopic (exact) mass is 287 g/mol. The molecule has 0 heterocycles. The van der Waals surface area contributed by atoms with Crippen molar-refractivity contribution in [1.82, 2.24) is 5.32 Å². The largest absolute Gasteiger partial charge is 0.307 e. The lowest BCUT2D eigenvalue weighted by Gasteiger charge is -2.22. The Morgan fingerprint density at radius 1 is 1.05 bits per heavy atom. The first kappa shape index (κ1) is 15.1. The third kappa shape index (κ3) is 3.05. The van der Waals surface area contributed by atoms with Crippen LogP contribution in [0.3, 0.4) is 0 Å². The highest BCUT2D eigenvalue weighted by Gasteiger charge is 2.16. The summed E-state index contributed by atoms with van der Waals surface area (Å²) in [5.74, 6) is 0. The van der Waals surface area contributed by atoms with Crippen LogP contribution in [0.1, 0.15) is 40.8 Å². The molecule has 20 heavy (non-hydrogen) atoms. The molecule has 0 aliphatic carbocycles. The van der Waals surface area contributed by atoms with Gasteiger partial charge in [0.2, 0.25) is 0 Å². The standard InChI is InChI=1S/C18H22ClN/c1-5-20-18(15-10-9-12(2)13(3)11-15)16-7-6-8-17(19)14(16)4/h6-11,18,20H,5H2,1-4H3. The van der Waals surface area contributed by atoms with Gasteiger partial charge in [-0.05, 0) is 61.2 Å². The quantitative estimate of drug-likeness (QED) is 0.838. The predicted molar refractivity (Wildman–Crippen MR) is 87.6 cm³/mol. The second-order valence-corrected chi connectivity index (χ2v) is 5.70. The van der Waals surface area contributed by atoms with Crippen LogP contribution in [0.15, 0.2) is 36.4 Å². The van der Waals surface area contributed by atoms with Crippen molar-refractivity contribution in [2.75, 3.05) is 6.54 Å². The minimum Gasteiger partial charge on any atom is -0.307 e. The van der Waals surface area contributed by atoms with Crippen molar-refractivity contribution in [3.8, 4) is 0 Å². The Balaban J connectivity index is 2.50. The molecule has 0 aromatic heterocycles. The predicted octanol–water partition coefficient (Wildman–Crippen LogP) is 4.96. The van der Waals surface area contributed by atoms with Crippen LogP contribution < -0.4 is 5.32 Å². The van der Waals surface area contributed by atoms with Gasteiger partial charge in [0.25, 0.3) is 0 Å². The maximum absolute atomic E-state index is 6.27. The summed E-state index contributed by atoms with van der Waals surface area (Å²) in [6.07, 6.45) is 0. The molecule has 1 unspecified atom stereocenters. The molecule has 0 amide bonds. The highest BCUT2D eigenvalue weighted by atomic mass is 35.5. The first-order chi connectivity index (χ1) is 9.54. The summed E-state index contributed by atoms with van der Waals surface area (Å²) in [6.45, 7) is 9.44. The topological polar surface area (TPSA) is 12.0 Å². The highest BCUT2D eigenvalue weighted by molar-refractivity contribution is 6.31. The Hall–Kier alpha value is -1.31. The molecular weight excluding hydrogens is 266 g/mol. The smallest absolute Gasteiger partial charge is 0.0579 e. The molecule has 1 atom stereocenters. The van der Waals surface area contributed by atoms with Gasteiger partial charge in [0.1, 0.15) is 0 Å². The molecule has 0 aliphatic heterocycles. The summed E-state index contributed by atoms with van der Waals surface area (Å²) in [5.41, 5.74) is 6.35. The van der Waals surface area contributed by atoms with E-state index in [1.54, 1.807) is 0 Å². The maximum atomic E-state index is 6.27. The molecule has 2 heteroatoms. The Labute approximate surface area is 127 Å². The first-order valence-electron chi connectivity index (χ1n) is 7.10. The van der Waals surface area contributed by atoms with Gasteiger partial charge in [-0.15, -0.1) is 0 Å². The summed E-state index contributed by atoms with van der Waals surface area (Å²) >= 11 is 6.27. The average molecular weight is 288 g/mol. The molecule has 2 aromatic carbocycles. The van der Waals surface area contributed by atoms with Gasteiger partial charge >= 0.3 is 0 Å². The highest BCUT2D eigenvalue weighted by Crippen LogP contribution is 2.29. The Morgan fingerprint density at radius 3 is 2.45 bits per heavy atom. The van der Waals surface area contributed by atoms with Gasteiger partial charge in [-0.1, -0.05) is 48.9 Å². The summed E-state index contributed by atoms with van der Waals surface area (Å²) in [7, 11) is 0. The molecule has 0 saturated carbocycles. The van der Waals surface area contributed by atoms with E-state index in [4.69, 9.17) is 11.6 Å². The summed E-state index contributed by atoms with van der Waals surface area (Å²) in [4.78, 5) is 0. The van der Waals surface area contributed by atoms with Gasteiger partial charge < -0.3 is 5.32 Å². The van der Waals surface area contributed by atoms with Crippen molar-refractivity contribution < 1.29 is 0 Å². The van der Waals surface area contributed by atoms with E-state index in [1.165, 1.54) is 22.3 Å². The van der Waals surface area contributed by atoms with Gasteiger partial charge in [-0.25, -0.2) is 0 Å². The molecule has 106 valence electrons. The second-order valence-electron chi connectivity index (χ2n) is 5.29. The fourth-order valence-electron chi connectivity index (χ4n) is 2.49. The van der Waals surface area contributed by atoms with E-state index in [1.807, 2.05) is 12.1 Å². The normalized spacial score (nSPS) is 12.4. The molecule has 1 nitrogen and oxygen atoms in total. The molecule has 1 N–H and O–H groups in total. The van der Waals surface area contributed by atoms with Gasteiger partial charge in [-0.2, -0.15) is 0 Å². The third-order valence-electron chi connectivity index (χ3n) is 3.89. The SMILES string of the molecule is CCNC(c1ccc(C)c(C)c1)c1cccc(Cl)c1C. The number of rotatable bonds is 4. The van der Waals surface area contributed by atoms with Gasteiger partial charge in [0, 0.05) is 5.02 Å². The van der Waals surface area contributed by atoms with E-state index in [9.17, 15) is 0 Å². The third-order valence-corrected chi connectivity index (χ3v) is 4.30. The number of benzene rings is 2. The van der Waals surface area contributed by atoms with E-state index < -0.39 is 0 Å². The van der Waals surface area contributed by atoms with Crippen molar-refractivity contribution in [2.24, 2.45) is 0 Å². The number of aryl methyl sites for hydroxylation is 2. The number of nitrogens with one attached hydrogen (secondary N) is 1. The summed E-state index contributed by atoms with van der Waals surface area (Å²) in [6, 6.07) is 13.0. The van der Waals surface area contributed by atoms with Crippen molar-refractivity contribution >= 4 is 11.6 Å². The fourth-order valence-corrected chi connectivity index (χ4v) is 2.67. The Morgan fingerprint density at radius 2 is 1.80 bits per heavy atom. The molecule has 0 aliphatic rings. The van der Waals surface area contributed by atoms with Crippen LogP contribution in [-0.4, -0.2) is 6.54 Å². The Kier molecular flexibility index (Phi) is 4.85. The zero-order valence-corrected chi connectivity index (χ0v) is 13.4. The van der Waals surface area contributed by atoms with E-state index in [0.29, 0.717) is 0 Å². The van der Waals surface area contributed by atoms with E-state index >= 15 is 0 Å². The van der Waals surface area contributed by atoms with Gasteiger partial charge in [-0.3, -0.25) is 0 Å². The molecule has 2 rings (SSSR count). The lowest BCUT2D eigenvalue weighted by atomic mass is 9.93. The summed E-state index contributed by atoms with van der Waals surface area (Å²) in [5, 5.41) is 4.40. The van der Waals surface area contributed by atoms with Crippen LogP contribution in [0.2, 0.25) is 5.02 Å². The lowest BCUT2D eigenvalue weighted by Crippen LogP contribution is -2.23. The van der Waals surface area contributed by atoms with Crippen molar-refractivity contribution in [1.29, 1.82) is 0 Å². The molecule has 0 fully saturated rings. The molecular formula is C18H22ClN. The molecule has 0 radical (unpaired) electrons. The van der Waals surface area contributed by atoms with E-state index in [-0.39, 0.29) is 6.04 Å². The Bertz CT molecular complexity index is 604. The zero-order valence-electron chi connectivity index (χ0n) is 12.6. The first-order valence-corrected chi connectivity index (χ1v) is 7.48. The fraction of sp³-hybridized carbons (Fsp3) is 0.333. The van der Waals surface area contributed by atoms with Crippen LogP contribution in [0.4, 0.5) is 0 Å². The number of hydrogen-bond acceptors (Lipinski definition) is 1. The lowest BCUT2D eigenvalue weighted by molar-refractivity contribution is 0.627. The maximum Gasteiger partial charge on any atom is 0.0579 e. The minimum absolute atomic E-state index is 0.193. The van der Waals surface area contributed by atoms with Gasteiger partial charge in [0.15, 0.2) is 0 Å². The summed E-state index contributed by atoms with van der Waals surface area (Å²) < 4.78 is 0. The number of halogens is 1. The molecule has 0 saturated heterocycles. The van der Waals surface area contributed by atoms with Gasteiger partial charge in [0.05, 0.1) is 6.04 Å². The average Bonchev–Trinajstić information content (AvgIpc) is 2.43. The molecule has 0 spiro atoms. The second kappa shape index (κ2) is 6.43. The van der Waals surface area contributed by atoms with Crippen molar-refractivity contribution in [3.63, 3.8) is 0 Å². The van der Waals surface area contributed by atoms with Crippen LogP contribution in [-0.2, 0) is 0 Å². The minimum atomic E-state index is 0.193. The van der Waals surface area contributed by atoms with Crippen molar-refractivity contribution in [2.45, 2.75) is 33.7 Å².